The van der Waals surface area contributed by atoms with E-state index in [0.29, 0.717) is 11.7 Å². The number of halogens is 1. The minimum atomic E-state index is -0.205. The Bertz CT molecular complexity index is 609. The highest BCUT2D eigenvalue weighted by atomic mass is 79.9. The highest BCUT2D eigenvalue weighted by Gasteiger charge is 2.10. The van der Waals surface area contributed by atoms with Crippen molar-refractivity contribution >= 4 is 27.7 Å². The van der Waals surface area contributed by atoms with Gasteiger partial charge in [-0.25, -0.2) is 9.89 Å². The lowest BCUT2D eigenvalue weighted by Gasteiger charge is -2.05. The third-order valence-corrected chi connectivity index (χ3v) is 4.41. The molecule has 0 aliphatic rings. The van der Waals surface area contributed by atoms with Crippen LogP contribution in [0.15, 0.2) is 37.5 Å². The van der Waals surface area contributed by atoms with E-state index >= 15 is 0 Å². The number of aromatic amines is 1. The largest absolute Gasteiger partial charge is 0.392 e. The fourth-order valence-electron chi connectivity index (χ4n) is 1.48. The second kappa shape index (κ2) is 5.73. The molecule has 0 aliphatic carbocycles. The van der Waals surface area contributed by atoms with Gasteiger partial charge in [-0.15, -0.1) is 5.10 Å². The summed E-state index contributed by atoms with van der Waals surface area (Å²) < 4.78 is 2.44. The highest BCUT2D eigenvalue weighted by molar-refractivity contribution is 9.10. The quantitative estimate of drug-likeness (QED) is 0.899. The van der Waals surface area contributed by atoms with Crippen LogP contribution in [-0.4, -0.2) is 19.9 Å². The summed E-state index contributed by atoms with van der Waals surface area (Å²) in [5, 5.41) is 16.1. The number of H-pyrrole nitrogens is 1. The first-order valence-corrected chi connectivity index (χ1v) is 6.99. The fourth-order valence-corrected chi connectivity index (χ4v) is 3.06. The standard InChI is InChI=1S/C11H12BrN3O2S/c1-2-15-10(17)13-14-11(15)18-9-4-3-7(6-16)5-8(9)12/h3-5,16H,2,6H2,1H3,(H,13,17). The SMILES string of the molecule is CCn1c(Sc2ccc(CO)cc2Br)n[nH]c1=O. The number of aliphatic hydroxyl groups excluding tert-OH is 1. The van der Waals surface area contributed by atoms with E-state index < -0.39 is 0 Å². The van der Waals surface area contributed by atoms with Crippen LogP contribution in [0.2, 0.25) is 0 Å². The van der Waals surface area contributed by atoms with Gasteiger partial charge >= 0.3 is 5.69 Å². The van der Waals surface area contributed by atoms with Crippen LogP contribution in [0.5, 0.6) is 0 Å². The topological polar surface area (TPSA) is 70.9 Å². The molecular weight excluding hydrogens is 318 g/mol. The molecule has 0 radical (unpaired) electrons. The number of aliphatic hydroxyl groups is 1. The number of rotatable bonds is 4. The second-order valence-corrected chi connectivity index (χ2v) is 5.44. The van der Waals surface area contributed by atoms with Gasteiger partial charge in [0.15, 0.2) is 5.16 Å². The number of nitrogens with one attached hydrogen (secondary N) is 1. The van der Waals surface area contributed by atoms with E-state index in [4.69, 9.17) is 5.11 Å². The molecule has 0 atom stereocenters. The number of benzene rings is 1. The van der Waals surface area contributed by atoms with Crippen molar-refractivity contribution in [1.82, 2.24) is 14.8 Å². The van der Waals surface area contributed by atoms with E-state index in [1.54, 1.807) is 4.57 Å². The molecule has 2 aromatic rings. The Kier molecular flexibility index (Phi) is 4.26. The van der Waals surface area contributed by atoms with E-state index in [9.17, 15) is 4.79 Å². The Morgan fingerprint density at radius 1 is 1.56 bits per heavy atom. The molecule has 2 N–H and O–H groups in total. The van der Waals surface area contributed by atoms with Crippen LogP contribution in [-0.2, 0) is 13.2 Å². The third-order valence-electron chi connectivity index (χ3n) is 2.42. The summed E-state index contributed by atoms with van der Waals surface area (Å²) in [6.07, 6.45) is 0. The van der Waals surface area contributed by atoms with Crippen molar-refractivity contribution in [2.75, 3.05) is 0 Å². The van der Waals surface area contributed by atoms with Gasteiger partial charge in [0.25, 0.3) is 0 Å². The molecule has 2 rings (SSSR count). The molecule has 0 saturated heterocycles. The maximum absolute atomic E-state index is 11.4. The van der Waals surface area contributed by atoms with Gasteiger partial charge < -0.3 is 5.11 Å². The molecule has 0 fully saturated rings. The van der Waals surface area contributed by atoms with E-state index in [2.05, 4.69) is 26.1 Å². The van der Waals surface area contributed by atoms with Gasteiger partial charge in [-0.1, -0.05) is 6.07 Å². The van der Waals surface area contributed by atoms with E-state index in [1.165, 1.54) is 11.8 Å². The molecule has 7 heteroatoms. The van der Waals surface area contributed by atoms with Crippen molar-refractivity contribution in [2.24, 2.45) is 0 Å². The van der Waals surface area contributed by atoms with Crippen molar-refractivity contribution in [2.45, 2.75) is 30.1 Å². The van der Waals surface area contributed by atoms with Gasteiger partial charge in [0.1, 0.15) is 0 Å². The minimum absolute atomic E-state index is 0.00557. The maximum atomic E-state index is 11.4. The summed E-state index contributed by atoms with van der Waals surface area (Å²) >= 11 is 4.84. The molecule has 0 unspecified atom stereocenters. The minimum Gasteiger partial charge on any atom is -0.392 e. The number of hydrogen-bond donors (Lipinski definition) is 2. The third kappa shape index (κ3) is 2.68. The molecule has 0 spiro atoms. The average molecular weight is 330 g/mol. The lowest BCUT2D eigenvalue weighted by molar-refractivity contribution is 0.281. The van der Waals surface area contributed by atoms with Gasteiger partial charge in [0, 0.05) is 15.9 Å². The van der Waals surface area contributed by atoms with E-state index in [-0.39, 0.29) is 12.3 Å². The van der Waals surface area contributed by atoms with Crippen molar-refractivity contribution in [1.29, 1.82) is 0 Å². The summed E-state index contributed by atoms with van der Waals surface area (Å²) in [5.41, 5.74) is 0.629. The zero-order chi connectivity index (χ0) is 13.1. The summed E-state index contributed by atoms with van der Waals surface area (Å²) in [6.45, 7) is 2.47. The zero-order valence-corrected chi connectivity index (χ0v) is 12.1. The maximum Gasteiger partial charge on any atom is 0.343 e. The van der Waals surface area contributed by atoms with Gasteiger partial charge in [0.05, 0.1) is 6.61 Å². The Morgan fingerprint density at radius 3 is 2.94 bits per heavy atom. The van der Waals surface area contributed by atoms with Crippen LogP contribution in [0.3, 0.4) is 0 Å². The van der Waals surface area contributed by atoms with Gasteiger partial charge in [-0.2, -0.15) is 0 Å². The predicted octanol–water partition coefficient (Wildman–Crippen LogP) is 2.00. The predicted molar refractivity (Wildman–Crippen MR) is 72.7 cm³/mol. The molecule has 1 aromatic heterocycles. The summed E-state index contributed by atoms with van der Waals surface area (Å²) in [4.78, 5) is 12.4. The first kappa shape index (κ1) is 13.4. The average Bonchev–Trinajstić information content (AvgIpc) is 2.72. The molecule has 0 amide bonds. The smallest absolute Gasteiger partial charge is 0.343 e. The van der Waals surface area contributed by atoms with Crippen molar-refractivity contribution in [3.8, 4) is 0 Å². The van der Waals surface area contributed by atoms with Crippen LogP contribution in [0.1, 0.15) is 12.5 Å². The second-order valence-electron chi connectivity index (χ2n) is 3.58. The van der Waals surface area contributed by atoms with E-state index in [0.717, 1.165) is 14.9 Å². The Morgan fingerprint density at radius 2 is 2.33 bits per heavy atom. The van der Waals surface area contributed by atoms with Crippen LogP contribution in [0.25, 0.3) is 0 Å². The van der Waals surface area contributed by atoms with Gasteiger partial charge in [-0.3, -0.25) is 4.57 Å². The molecule has 0 bridgehead atoms. The number of aromatic nitrogens is 3. The fraction of sp³-hybridized carbons (Fsp3) is 0.273. The van der Waals surface area contributed by atoms with E-state index in [1.807, 2.05) is 25.1 Å². The highest BCUT2D eigenvalue weighted by Crippen LogP contribution is 2.32. The normalized spacial score (nSPS) is 10.8. The first-order chi connectivity index (χ1) is 8.65. The lowest BCUT2D eigenvalue weighted by atomic mass is 10.2. The van der Waals surface area contributed by atoms with Crippen molar-refractivity contribution in [3.05, 3.63) is 38.7 Å². The summed E-state index contributed by atoms with van der Waals surface area (Å²) in [7, 11) is 0. The Labute approximate surface area is 116 Å². The lowest BCUT2D eigenvalue weighted by Crippen LogP contribution is -2.15. The van der Waals surface area contributed by atoms with Crippen LogP contribution in [0.4, 0.5) is 0 Å². The van der Waals surface area contributed by atoms with Crippen LogP contribution >= 0.6 is 27.7 Å². The van der Waals surface area contributed by atoms with Crippen LogP contribution in [0, 0.1) is 0 Å². The molecule has 18 heavy (non-hydrogen) atoms. The summed E-state index contributed by atoms with van der Waals surface area (Å²) in [6, 6.07) is 5.58. The monoisotopic (exact) mass is 329 g/mol. The number of hydrogen-bond acceptors (Lipinski definition) is 4. The molecule has 1 heterocycles. The summed E-state index contributed by atoms with van der Waals surface area (Å²) in [5.74, 6) is 0. The van der Waals surface area contributed by atoms with Crippen molar-refractivity contribution < 1.29 is 5.11 Å². The van der Waals surface area contributed by atoms with Gasteiger partial charge in [-0.05, 0) is 52.3 Å². The first-order valence-electron chi connectivity index (χ1n) is 5.38. The van der Waals surface area contributed by atoms with Crippen LogP contribution < -0.4 is 5.69 Å². The molecule has 0 saturated carbocycles. The number of nitrogens with zero attached hydrogens (tertiary/aromatic N) is 2. The zero-order valence-electron chi connectivity index (χ0n) is 9.68. The van der Waals surface area contributed by atoms with Gasteiger partial charge in [0.2, 0.25) is 0 Å². The molecule has 0 aliphatic heterocycles. The van der Waals surface area contributed by atoms with Crippen molar-refractivity contribution in [3.63, 3.8) is 0 Å². The Hall–Kier alpha value is -1.05. The molecule has 96 valence electrons. The molecule has 5 nitrogen and oxygen atoms in total. The Balaban J connectivity index is 2.31. The molecular formula is C11H12BrN3O2S. The molecule has 1 aromatic carbocycles.